The van der Waals surface area contributed by atoms with Crippen LogP contribution in [0.25, 0.3) is 5.76 Å². The van der Waals surface area contributed by atoms with Crippen molar-refractivity contribution in [2.24, 2.45) is 5.41 Å². The fraction of sp³-hybridized carbons (Fsp3) is 0.667. The van der Waals surface area contributed by atoms with Crippen molar-refractivity contribution >= 4 is 5.76 Å². The summed E-state index contributed by atoms with van der Waals surface area (Å²) in [5.41, 5.74) is 2.01. The standard InChI is InChI=1S/C30H52N2O3/c1-12-18-32(21-23(3)33)19-14-15-24(4)35-28-17-16-27(20-26(28)13-2)25(5)34-22-29(6,7)30(8,9)31(10)11/h16-17,20,23,33H,4-5,12-15,18-19,21-22H2,1-3,6-11H3. The summed E-state index contributed by atoms with van der Waals surface area (Å²) in [6.07, 6.45) is 3.36. The van der Waals surface area contributed by atoms with Gasteiger partial charge in [0.2, 0.25) is 0 Å². The molecule has 0 spiro atoms. The molecule has 1 aromatic rings. The molecule has 0 fully saturated rings. The van der Waals surface area contributed by atoms with E-state index in [2.05, 4.69) is 84.7 Å². The van der Waals surface area contributed by atoms with Crippen LogP contribution in [0, 0.1) is 5.41 Å². The number of ether oxygens (including phenoxy) is 2. The van der Waals surface area contributed by atoms with Gasteiger partial charge in [0.25, 0.3) is 0 Å². The van der Waals surface area contributed by atoms with Crippen molar-refractivity contribution in [3.05, 3.63) is 48.2 Å². The van der Waals surface area contributed by atoms with E-state index in [-0.39, 0.29) is 17.1 Å². The topological polar surface area (TPSA) is 45.2 Å². The Balaban J connectivity index is 2.73. The quantitative estimate of drug-likeness (QED) is 0.258. The minimum absolute atomic E-state index is 0.0240. The van der Waals surface area contributed by atoms with Crippen LogP contribution < -0.4 is 4.74 Å². The predicted molar refractivity (Wildman–Crippen MR) is 150 cm³/mol. The fourth-order valence-corrected chi connectivity index (χ4v) is 3.95. The van der Waals surface area contributed by atoms with Crippen LogP contribution in [0.3, 0.4) is 0 Å². The van der Waals surface area contributed by atoms with Gasteiger partial charge < -0.3 is 24.4 Å². The number of aliphatic hydroxyl groups excluding tert-OH is 1. The molecule has 0 amide bonds. The fourth-order valence-electron chi connectivity index (χ4n) is 3.95. The molecule has 1 unspecified atom stereocenters. The summed E-state index contributed by atoms with van der Waals surface area (Å²) in [6.45, 7) is 26.6. The summed E-state index contributed by atoms with van der Waals surface area (Å²) in [5.74, 6) is 2.29. The summed E-state index contributed by atoms with van der Waals surface area (Å²) in [6, 6.07) is 6.13. The van der Waals surface area contributed by atoms with Gasteiger partial charge in [-0.15, -0.1) is 0 Å². The minimum Gasteiger partial charge on any atom is -0.493 e. The molecule has 0 aromatic heterocycles. The van der Waals surface area contributed by atoms with Crippen LogP contribution in [0.5, 0.6) is 5.75 Å². The second-order valence-corrected chi connectivity index (χ2v) is 11.1. The van der Waals surface area contributed by atoms with Gasteiger partial charge in [-0.2, -0.15) is 0 Å². The summed E-state index contributed by atoms with van der Waals surface area (Å²) in [7, 11) is 4.21. The monoisotopic (exact) mass is 488 g/mol. The van der Waals surface area contributed by atoms with Gasteiger partial charge in [-0.3, -0.25) is 0 Å². The van der Waals surface area contributed by atoms with Crippen molar-refractivity contribution in [1.29, 1.82) is 0 Å². The van der Waals surface area contributed by atoms with Crippen LogP contribution in [-0.4, -0.2) is 66.9 Å². The smallest absolute Gasteiger partial charge is 0.130 e. The third-order valence-corrected chi connectivity index (χ3v) is 7.39. The highest BCUT2D eigenvalue weighted by molar-refractivity contribution is 5.60. The maximum absolute atomic E-state index is 9.70. The molecular formula is C30H52N2O3. The normalized spacial score (nSPS) is 13.3. The van der Waals surface area contributed by atoms with Crippen LogP contribution >= 0.6 is 0 Å². The Hall–Kier alpha value is -1.82. The molecule has 0 radical (unpaired) electrons. The highest BCUT2D eigenvalue weighted by Crippen LogP contribution is 2.36. The maximum Gasteiger partial charge on any atom is 0.130 e. The van der Waals surface area contributed by atoms with Crippen LogP contribution in [0.4, 0.5) is 0 Å². The Bertz CT molecular complexity index is 812. The third-order valence-electron chi connectivity index (χ3n) is 7.39. The molecular weight excluding hydrogens is 436 g/mol. The lowest BCUT2D eigenvalue weighted by atomic mass is 9.74. The number of aliphatic hydroxyl groups is 1. The highest BCUT2D eigenvalue weighted by atomic mass is 16.5. The van der Waals surface area contributed by atoms with Gasteiger partial charge in [-0.25, -0.2) is 0 Å². The lowest BCUT2D eigenvalue weighted by Crippen LogP contribution is -2.52. The van der Waals surface area contributed by atoms with E-state index in [9.17, 15) is 5.11 Å². The summed E-state index contributed by atoms with van der Waals surface area (Å²) < 4.78 is 12.3. The van der Waals surface area contributed by atoms with Crippen molar-refractivity contribution in [1.82, 2.24) is 9.80 Å². The molecule has 0 aliphatic carbocycles. The number of hydrogen-bond donors (Lipinski definition) is 1. The molecule has 1 rings (SSSR count). The van der Waals surface area contributed by atoms with Crippen molar-refractivity contribution < 1.29 is 14.6 Å². The molecule has 0 saturated carbocycles. The van der Waals surface area contributed by atoms with Crippen molar-refractivity contribution in [2.75, 3.05) is 40.3 Å². The first kappa shape index (κ1) is 31.2. The molecule has 35 heavy (non-hydrogen) atoms. The molecule has 1 atom stereocenters. The maximum atomic E-state index is 9.70. The van der Waals surface area contributed by atoms with Gasteiger partial charge in [0.05, 0.1) is 18.5 Å². The van der Waals surface area contributed by atoms with Crippen LogP contribution in [0.2, 0.25) is 0 Å². The van der Waals surface area contributed by atoms with Gasteiger partial charge in [-0.1, -0.05) is 40.9 Å². The number of benzene rings is 1. The van der Waals surface area contributed by atoms with Crippen LogP contribution in [0.15, 0.2) is 37.1 Å². The average molecular weight is 489 g/mol. The number of aryl methyl sites for hydroxylation is 1. The SMILES string of the molecule is C=C(CCCN(CCC)CC(C)O)Oc1ccc(C(=C)OCC(C)(C)C(C)(C)N(C)C)cc1CC. The van der Waals surface area contributed by atoms with E-state index >= 15 is 0 Å². The van der Waals surface area contributed by atoms with Gasteiger partial charge in [0.15, 0.2) is 0 Å². The Morgan fingerprint density at radius 2 is 1.74 bits per heavy atom. The van der Waals surface area contributed by atoms with Crippen LogP contribution in [0.1, 0.15) is 78.9 Å². The van der Waals surface area contributed by atoms with E-state index in [1.165, 1.54) is 0 Å². The third kappa shape index (κ3) is 9.63. The molecule has 0 aliphatic rings. The van der Waals surface area contributed by atoms with Gasteiger partial charge in [-0.05, 0) is 91.0 Å². The molecule has 0 bridgehead atoms. The Kier molecular flexibility index (Phi) is 12.5. The van der Waals surface area contributed by atoms with Crippen molar-refractivity contribution in [2.45, 2.75) is 85.8 Å². The van der Waals surface area contributed by atoms with Crippen molar-refractivity contribution in [3.63, 3.8) is 0 Å². The summed E-state index contributed by atoms with van der Waals surface area (Å²) in [4.78, 5) is 4.54. The molecule has 0 heterocycles. The zero-order valence-electron chi connectivity index (χ0n) is 24.0. The highest BCUT2D eigenvalue weighted by Gasteiger charge is 2.39. The van der Waals surface area contributed by atoms with E-state index in [4.69, 9.17) is 9.47 Å². The van der Waals surface area contributed by atoms with E-state index in [1.807, 2.05) is 19.1 Å². The van der Waals surface area contributed by atoms with E-state index in [1.54, 1.807) is 0 Å². The molecule has 5 heteroatoms. The van der Waals surface area contributed by atoms with E-state index < -0.39 is 0 Å². The van der Waals surface area contributed by atoms with E-state index in [0.717, 1.165) is 61.4 Å². The Labute approximate surface area is 215 Å². The molecule has 1 aromatic carbocycles. The Morgan fingerprint density at radius 1 is 1.09 bits per heavy atom. The van der Waals surface area contributed by atoms with Gasteiger partial charge in [0, 0.05) is 29.5 Å². The minimum atomic E-state index is -0.309. The van der Waals surface area contributed by atoms with Gasteiger partial charge in [0.1, 0.15) is 11.5 Å². The molecule has 0 saturated heterocycles. The molecule has 1 N–H and O–H groups in total. The number of nitrogens with zero attached hydrogens (tertiary/aromatic N) is 2. The number of rotatable bonds is 17. The zero-order chi connectivity index (χ0) is 26.8. The van der Waals surface area contributed by atoms with E-state index in [0.29, 0.717) is 18.9 Å². The number of allylic oxidation sites excluding steroid dienone is 1. The lowest BCUT2D eigenvalue weighted by Gasteiger charge is -2.46. The predicted octanol–water partition coefficient (Wildman–Crippen LogP) is 6.37. The second-order valence-electron chi connectivity index (χ2n) is 11.1. The lowest BCUT2D eigenvalue weighted by molar-refractivity contribution is 0.00489. The zero-order valence-corrected chi connectivity index (χ0v) is 24.0. The molecule has 0 aliphatic heterocycles. The molecule has 5 nitrogen and oxygen atoms in total. The summed E-state index contributed by atoms with van der Waals surface area (Å²) >= 11 is 0. The van der Waals surface area contributed by atoms with Crippen molar-refractivity contribution in [3.8, 4) is 5.75 Å². The Morgan fingerprint density at radius 3 is 2.29 bits per heavy atom. The first-order chi connectivity index (χ1) is 16.2. The van der Waals surface area contributed by atoms with Crippen LogP contribution in [-0.2, 0) is 11.2 Å². The first-order valence-corrected chi connectivity index (χ1v) is 13.1. The summed E-state index contributed by atoms with van der Waals surface area (Å²) in [5, 5.41) is 9.70. The number of hydrogen-bond acceptors (Lipinski definition) is 5. The van der Waals surface area contributed by atoms with Gasteiger partial charge >= 0.3 is 0 Å². The average Bonchev–Trinajstić information content (AvgIpc) is 2.77. The second kappa shape index (κ2) is 14.1. The first-order valence-electron chi connectivity index (χ1n) is 13.1. The molecule has 200 valence electrons. The largest absolute Gasteiger partial charge is 0.493 e.